The van der Waals surface area contributed by atoms with E-state index >= 15 is 0 Å². The highest BCUT2D eigenvalue weighted by molar-refractivity contribution is 7.12. The lowest BCUT2D eigenvalue weighted by Crippen LogP contribution is -2.14. The van der Waals surface area contributed by atoms with Gasteiger partial charge < -0.3 is 9.52 Å². The number of nitrogens with zero attached hydrogens (tertiary/aromatic N) is 2. The molecule has 0 spiro atoms. The summed E-state index contributed by atoms with van der Waals surface area (Å²) in [5.74, 6) is 5.01. The predicted octanol–water partition coefficient (Wildman–Crippen LogP) is 1.44. The van der Waals surface area contributed by atoms with Crippen LogP contribution in [0.2, 0.25) is 0 Å². The fourth-order valence-electron chi connectivity index (χ4n) is 1.85. The lowest BCUT2D eigenvalue weighted by molar-refractivity contribution is 0.350. The van der Waals surface area contributed by atoms with Crippen molar-refractivity contribution in [1.82, 2.24) is 9.55 Å². The Hall–Kier alpha value is -2.36. The Labute approximate surface area is 118 Å². The van der Waals surface area contributed by atoms with Gasteiger partial charge in [-0.3, -0.25) is 4.57 Å². The third kappa shape index (κ3) is 2.37. The van der Waals surface area contributed by atoms with Gasteiger partial charge in [0.25, 0.3) is 0 Å². The zero-order valence-electron chi connectivity index (χ0n) is 10.4. The first-order chi connectivity index (χ1) is 9.78. The topological polar surface area (TPSA) is 68.3 Å². The number of fused-ring (bicyclic) bond motifs is 1. The van der Waals surface area contributed by atoms with Crippen LogP contribution in [-0.2, 0) is 6.54 Å². The first-order valence-electron chi connectivity index (χ1n) is 5.91. The molecule has 3 aromatic heterocycles. The number of hydrogen-bond donors (Lipinski definition) is 1. The summed E-state index contributed by atoms with van der Waals surface area (Å²) in [6.07, 6.45) is 1.63. The van der Waals surface area contributed by atoms with E-state index in [0.717, 1.165) is 9.75 Å². The van der Waals surface area contributed by atoms with E-state index in [-0.39, 0.29) is 6.61 Å². The summed E-state index contributed by atoms with van der Waals surface area (Å²) in [5, 5.41) is 8.66. The Morgan fingerprint density at radius 1 is 1.40 bits per heavy atom. The summed E-state index contributed by atoms with van der Waals surface area (Å²) in [5.41, 5.74) is 1.02. The summed E-state index contributed by atoms with van der Waals surface area (Å²) in [4.78, 5) is 17.8. The Kier molecular flexibility index (Phi) is 3.37. The number of hydrogen-bond acceptors (Lipinski definition) is 5. The van der Waals surface area contributed by atoms with Crippen LogP contribution < -0.4 is 5.76 Å². The molecule has 0 atom stereocenters. The van der Waals surface area contributed by atoms with Gasteiger partial charge in [0.15, 0.2) is 11.2 Å². The smallest absolute Gasteiger partial charge is 0.406 e. The van der Waals surface area contributed by atoms with Crippen molar-refractivity contribution in [3.8, 4) is 11.8 Å². The number of rotatable bonds is 2. The Bertz CT molecular complexity index is 864. The third-order valence-electron chi connectivity index (χ3n) is 2.69. The Morgan fingerprint density at radius 3 is 3.15 bits per heavy atom. The molecule has 6 heteroatoms. The van der Waals surface area contributed by atoms with Gasteiger partial charge >= 0.3 is 5.76 Å². The molecule has 0 aliphatic rings. The highest BCUT2D eigenvalue weighted by Gasteiger charge is 2.11. The van der Waals surface area contributed by atoms with Crippen LogP contribution in [0.3, 0.4) is 0 Å². The van der Waals surface area contributed by atoms with Crippen LogP contribution in [-0.4, -0.2) is 21.3 Å². The van der Waals surface area contributed by atoms with Gasteiger partial charge in [-0.1, -0.05) is 11.8 Å². The van der Waals surface area contributed by atoms with Crippen LogP contribution in [0.5, 0.6) is 0 Å². The average Bonchev–Trinajstić information content (AvgIpc) is 3.02. The van der Waals surface area contributed by atoms with Gasteiger partial charge in [-0.05, 0) is 24.3 Å². The summed E-state index contributed by atoms with van der Waals surface area (Å²) < 4.78 is 6.62. The molecule has 0 unspecified atom stereocenters. The molecule has 3 aromatic rings. The van der Waals surface area contributed by atoms with Gasteiger partial charge in [0.1, 0.15) is 6.61 Å². The van der Waals surface area contributed by atoms with Gasteiger partial charge in [-0.2, -0.15) is 0 Å². The molecule has 20 heavy (non-hydrogen) atoms. The molecule has 0 saturated carbocycles. The lowest BCUT2D eigenvalue weighted by Gasteiger charge is -1.97. The number of thiophene rings is 1. The van der Waals surface area contributed by atoms with Crippen molar-refractivity contribution in [1.29, 1.82) is 0 Å². The second-order valence-electron chi connectivity index (χ2n) is 4.01. The van der Waals surface area contributed by atoms with E-state index in [9.17, 15) is 4.79 Å². The zero-order chi connectivity index (χ0) is 13.9. The van der Waals surface area contributed by atoms with Gasteiger partial charge in [-0.15, -0.1) is 11.3 Å². The third-order valence-corrected chi connectivity index (χ3v) is 3.68. The number of aromatic nitrogens is 2. The quantitative estimate of drug-likeness (QED) is 0.724. The van der Waals surface area contributed by atoms with Crippen molar-refractivity contribution in [3.63, 3.8) is 0 Å². The first kappa shape index (κ1) is 12.7. The second kappa shape index (κ2) is 5.33. The Balaban J connectivity index is 1.95. The normalized spacial score (nSPS) is 10.4. The van der Waals surface area contributed by atoms with Crippen molar-refractivity contribution in [2.45, 2.75) is 6.54 Å². The van der Waals surface area contributed by atoms with E-state index in [1.807, 2.05) is 12.1 Å². The van der Waals surface area contributed by atoms with Crippen molar-refractivity contribution in [2.75, 3.05) is 6.61 Å². The fourth-order valence-corrected chi connectivity index (χ4v) is 2.72. The van der Waals surface area contributed by atoms with E-state index in [0.29, 0.717) is 17.8 Å². The van der Waals surface area contributed by atoms with Crippen LogP contribution in [0.4, 0.5) is 0 Å². The molecule has 0 amide bonds. The Morgan fingerprint density at radius 2 is 2.30 bits per heavy atom. The standard InChI is InChI=1S/C14H10N2O3S/c17-8-2-3-10-5-6-11(20-10)9-16-13-12(19-14(16)18)4-1-7-15-13/h1,4-7,17H,8-9H2. The molecule has 0 fully saturated rings. The van der Waals surface area contributed by atoms with Gasteiger partial charge in [0.2, 0.25) is 0 Å². The molecule has 0 aliphatic heterocycles. The van der Waals surface area contributed by atoms with Crippen molar-refractivity contribution < 1.29 is 9.52 Å². The molecule has 5 nitrogen and oxygen atoms in total. The second-order valence-corrected chi connectivity index (χ2v) is 5.17. The lowest BCUT2D eigenvalue weighted by atomic mass is 10.4. The number of aliphatic hydroxyl groups is 1. The number of aliphatic hydroxyl groups excluding tert-OH is 1. The minimum atomic E-state index is -0.421. The number of oxazole rings is 1. The summed E-state index contributed by atoms with van der Waals surface area (Å²) in [6.45, 7) is 0.233. The number of pyridine rings is 1. The highest BCUT2D eigenvalue weighted by atomic mass is 32.1. The van der Waals surface area contributed by atoms with Gasteiger partial charge in [-0.25, -0.2) is 9.78 Å². The highest BCUT2D eigenvalue weighted by Crippen LogP contribution is 2.18. The molecule has 0 saturated heterocycles. The molecule has 0 bridgehead atoms. The molecule has 0 radical (unpaired) electrons. The van der Waals surface area contributed by atoms with Crippen LogP contribution in [0, 0.1) is 11.8 Å². The molecule has 1 N–H and O–H groups in total. The van der Waals surface area contributed by atoms with Crippen LogP contribution >= 0.6 is 11.3 Å². The largest absolute Gasteiger partial charge is 0.421 e. The summed E-state index contributed by atoms with van der Waals surface area (Å²) in [7, 11) is 0. The van der Waals surface area contributed by atoms with Crippen molar-refractivity contribution in [3.05, 3.63) is 50.8 Å². The van der Waals surface area contributed by atoms with Gasteiger partial charge in [0.05, 0.1) is 11.4 Å². The maximum Gasteiger partial charge on any atom is 0.421 e. The van der Waals surface area contributed by atoms with Gasteiger partial charge in [0, 0.05) is 11.1 Å². The molecular formula is C14H10N2O3S. The summed E-state index contributed by atoms with van der Waals surface area (Å²) in [6, 6.07) is 7.21. The molecular weight excluding hydrogens is 276 g/mol. The first-order valence-corrected chi connectivity index (χ1v) is 6.72. The van der Waals surface area contributed by atoms with E-state index < -0.39 is 5.76 Å². The van der Waals surface area contributed by atoms with Crippen molar-refractivity contribution in [2.24, 2.45) is 0 Å². The predicted molar refractivity (Wildman–Crippen MR) is 75.7 cm³/mol. The van der Waals surface area contributed by atoms with E-state index in [4.69, 9.17) is 9.52 Å². The molecule has 100 valence electrons. The summed E-state index contributed by atoms with van der Waals surface area (Å²) >= 11 is 1.47. The maximum atomic E-state index is 11.8. The van der Waals surface area contributed by atoms with Crippen molar-refractivity contribution >= 4 is 22.6 Å². The van der Waals surface area contributed by atoms with E-state index in [1.54, 1.807) is 18.3 Å². The minimum absolute atomic E-state index is 0.164. The molecule has 0 aromatic carbocycles. The molecule has 0 aliphatic carbocycles. The van der Waals surface area contributed by atoms with Crippen LogP contribution in [0.25, 0.3) is 11.2 Å². The van der Waals surface area contributed by atoms with E-state index in [2.05, 4.69) is 16.8 Å². The zero-order valence-corrected chi connectivity index (χ0v) is 11.2. The maximum absolute atomic E-state index is 11.8. The molecule has 3 rings (SSSR count). The monoisotopic (exact) mass is 286 g/mol. The van der Waals surface area contributed by atoms with Crippen LogP contribution in [0.15, 0.2) is 39.7 Å². The van der Waals surface area contributed by atoms with Crippen LogP contribution in [0.1, 0.15) is 9.75 Å². The minimum Gasteiger partial charge on any atom is -0.406 e. The fraction of sp³-hybridized carbons (Fsp3) is 0.143. The molecule has 3 heterocycles. The SMILES string of the molecule is O=c1oc2cccnc2n1Cc1ccc(C#CCO)s1. The van der Waals surface area contributed by atoms with E-state index in [1.165, 1.54) is 15.9 Å². The average molecular weight is 286 g/mol.